The van der Waals surface area contributed by atoms with E-state index in [1.807, 2.05) is 45.9 Å². The molecule has 1 aliphatic heterocycles. The van der Waals surface area contributed by atoms with Gasteiger partial charge in [0, 0.05) is 0 Å². The van der Waals surface area contributed by atoms with E-state index in [0.29, 0.717) is 18.1 Å². The third kappa shape index (κ3) is 4.47. The summed E-state index contributed by atoms with van der Waals surface area (Å²) < 4.78 is 10.8. The number of carbonyl (C=O) groups is 1. The second-order valence-corrected chi connectivity index (χ2v) is 2.97. The highest BCUT2D eigenvalue weighted by Gasteiger charge is 2.23. The van der Waals surface area contributed by atoms with Gasteiger partial charge >= 0.3 is 0 Å². The van der Waals surface area contributed by atoms with Gasteiger partial charge < -0.3 is 9.47 Å². The monoisotopic (exact) mass is 238 g/mol. The number of hydrogen-bond acceptors (Lipinski definition) is 3. The normalized spacial score (nSPS) is 15.7. The van der Waals surface area contributed by atoms with Gasteiger partial charge in [-0.15, -0.1) is 0 Å². The smallest absolute Gasteiger partial charge is 0.190 e. The van der Waals surface area contributed by atoms with Crippen LogP contribution in [0, 0.1) is 0 Å². The minimum Gasteiger partial charge on any atom is -0.485 e. The summed E-state index contributed by atoms with van der Waals surface area (Å²) in [6.07, 6.45) is -0.449. The summed E-state index contributed by atoms with van der Waals surface area (Å²) in [5, 5.41) is 0. The van der Waals surface area contributed by atoms with Crippen molar-refractivity contribution in [2.75, 3.05) is 6.61 Å². The van der Waals surface area contributed by atoms with E-state index in [4.69, 9.17) is 9.47 Å². The highest BCUT2D eigenvalue weighted by Crippen LogP contribution is 2.30. The minimum absolute atomic E-state index is 0.00509. The molecule has 1 aliphatic rings. The first-order chi connectivity index (χ1) is 8.27. The average molecular weight is 238 g/mol. The summed E-state index contributed by atoms with van der Waals surface area (Å²) in [6.45, 7) is 9.81. The lowest BCUT2D eigenvalue weighted by atomic mass is 10.2. The van der Waals surface area contributed by atoms with Crippen molar-refractivity contribution in [2.24, 2.45) is 0 Å². The number of rotatable bonds is 1. The first-order valence-corrected chi connectivity index (χ1v) is 6.16. The zero-order chi connectivity index (χ0) is 13.3. The molecule has 3 heteroatoms. The van der Waals surface area contributed by atoms with Gasteiger partial charge in [-0.2, -0.15) is 0 Å². The van der Waals surface area contributed by atoms with E-state index in [9.17, 15) is 4.79 Å². The van der Waals surface area contributed by atoms with Gasteiger partial charge in [0.2, 0.25) is 0 Å². The van der Waals surface area contributed by atoms with E-state index in [1.54, 1.807) is 6.07 Å². The molecule has 1 aromatic carbocycles. The van der Waals surface area contributed by atoms with Crippen molar-refractivity contribution in [1.82, 2.24) is 0 Å². The van der Waals surface area contributed by atoms with Crippen molar-refractivity contribution in [2.45, 2.75) is 40.7 Å². The molecule has 0 amide bonds. The molecule has 1 atom stereocenters. The highest BCUT2D eigenvalue weighted by molar-refractivity contribution is 5.81. The standard InChI is InChI=1S/C10H10O3.2C2H6/c1-7(11)10-6-12-8-4-2-3-5-9(8)13-10;2*1-2/h2-5,10H,6H2,1H3;2*1-2H3. The Bertz CT molecular complexity index is 334. The van der Waals surface area contributed by atoms with Crippen molar-refractivity contribution in [3.63, 3.8) is 0 Å². The summed E-state index contributed by atoms with van der Waals surface area (Å²) in [5.41, 5.74) is 0. The molecule has 1 heterocycles. The van der Waals surface area contributed by atoms with Crippen molar-refractivity contribution in [3.8, 4) is 11.5 Å². The molecule has 0 saturated heterocycles. The molecule has 0 aromatic heterocycles. The number of para-hydroxylation sites is 2. The van der Waals surface area contributed by atoms with Crippen LogP contribution in [0.1, 0.15) is 34.6 Å². The van der Waals surface area contributed by atoms with E-state index in [0.717, 1.165) is 0 Å². The lowest BCUT2D eigenvalue weighted by Crippen LogP contribution is -2.34. The van der Waals surface area contributed by atoms with Crippen LogP contribution >= 0.6 is 0 Å². The number of fused-ring (bicyclic) bond motifs is 1. The lowest BCUT2D eigenvalue weighted by Gasteiger charge is -2.24. The molecular formula is C14H22O3. The number of carbonyl (C=O) groups excluding carboxylic acids is 1. The Morgan fingerprint density at radius 2 is 1.65 bits per heavy atom. The second-order valence-electron chi connectivity index (χ2n) is 2.97. The largest absolute Gasteiger partial charge is 0.485 e. The van der Waals surface area contributed by atoms with E-state index in [1.165, 1.54) is 6.92 Å². The van der Waals surface area contributed by atoms with Gasteiger partial charge in [0.25, 0.3) is 0 Å². The van der Waals surface area contributed by atoms with Gasteiger partial charge in [-0.25, -0.2) is 0 Å². The third-order valence-corrected chi connectivity index (χ3v) is 1.96. The fourth-order valence-corrected chi connectivity index (χ4v) is 1.22. The van der Waals surface area contributed by atoms with Crippen LogP contribution < -0.4 is 9.47 Å². The average Bonchev–Trinajstić information content (AvgIpc) is 2.42. The van der Waals surface area contributed by atoms with E-state index >= 15 is 0 Å². The number of ether oxygens (including phenoxy) is 2. The van der Waals surface area contributed by atoms with Crippen LogP contribution in [-0.4, -0.2) is 18.5 Å². The molecule has 1 aromatic rings. The van der Waals surface area contributed by atoms with E-state index < -0.39 is 6.10 Å². The molecule has 2 rings (SSSR count). The summed E-state index contributed by atoms with van der Waals surface area (Å²) in [4.78, 5) is 11.0. The van der Waals surface area contributed by atoms with Gasteiger partial charge in [0.05, 0.1) is 0 Å². The zero-order valence-electron chi connectivity index (χ0n) is 11.3. The maximum atomic E-state index is 11.0. The van der Waals surface area contributed by atoms with Crippen molar-refractivity contribution in [3.05, 3.63) is 24.3 Å². The van der Waals surface area contributed by atoms with Gasteiger partial charge in [-0.1, -0.05) is 39.8 Å². The molecule has 17 heavy (non-hydrogen) atoms. The number of benzene rings is 1. The van der Waals surface area contributed by atoms with E-state index in [2.05, 4.69) is 0 Å². The lowest BCUT2D eigenvalue weighted by molar-refractivity contribution is -0.125. The van der Waals surface area contributed by atoms with Crippen molar-refractivity contribution < 1.29 is 14.3 Å². The summed E-state index contributed by atoms with van der Waals surface area (Å²) in [5.74, 6) is 1.35. The fourth-order valence-electron chi connectivity index (χ4n) is 1.22. The predicted octanol–water partition coefficient (Wildman–Crippen LogP) is 3.47. The maximum Gasteiger partial charge on any atom is 0.190 e. The Labute approximate surface area is 104 Å². The van der Waals surface area contributed by atoms with Crippen molar-refractivity contribution in [1.29, 1.82) is 0 Å². The molecule has 0 radical (unpaired) electrons. The Morgan fingerprint density at radius 3 is 2.18 bits per heavy atom. The van der Waals surface area contributed by atoms with Gasteiger partial charge in [0.15, 0.2) is 23.4 Å². The van der Waals surface area contributed by atoms with Gasteiger partial charge in [0.1, 0.15) is 6.61 Å². The quantitative estimate of drug-likeness (QED) is 0.751. The van der Waals surface area contributed by atoms with Gasteiger partial charge in [-0.05, 0) is 19.1 Å². The first kappa shape index (κ1) is 15.5. The minimum atomic E-state index is -0.449. The third-order valence-electron chi connectivity index (χ3n) is 1.96. The molecule has 0 N–H and O–H groups in total. The predicted molar refractivity (Wildman–Crippen MR) is 69.7 cm³/mol. The Morgan fingerprint density at radius 1 is 1.12 bits per heavy atom. The van der Waals surface area contributed by atoms with Crippen molar-refractivity contribution >= 4 is 5.78 Å². The topological polar surface area (TPSA) is 35.5 Å². The number of hydrogen-bond donors (Lipinski definition) is 0. The summed E-state index contributed by atoms with van der Waals surface area (Å²) in [7, 11) is 0. The van der Waals surface area contributed by atoms with Gasteiger partial charge in [-0.3, -0.25) is 4.79 Å². The number of Topliss-reactive ketones (excluding diaryl/α,β-unsaturated/α-hetero) is 1. The van der Waals surface area contributed by atoms with E-state index in [-0.39, 0.29) is 5.78 Å². The summed E-state index contributed by atoms with van der Waals surface area (Å²) in [6, 6.07) is 7.34. The van der Waals surface area contributed by atoms with Crippen LogP contribution in [-0.2, 0) is 4.79 Å². The molecular weight excluding hydrogens is 216 g/mol. The molecule has 0 fully saturated rings. The fraction of sp³-hybridized carbons (Fsp3) is 0.500. The molecule has 96 valence electrons. The Balaban J connectivity index is 0.000000581. The molecule has 0 spiro atoms. The first-order valence-electron chi connectivity index (χ1n) is 6.16. The highest BCUT2D eigenvalue weighted by atomic mass is 16.6. The maximum absolute atomic E-state index is 11.0. The number of ketones is 1. The molecule has 0 saturated carbocycles. The van der Waals surface area contributed by atoms with Crippen LogP contribution in [0.15, 0.2) is 24.3 Å². The zero-order valence-corrected chi connectivity index (χ0v) is 11.3. The second kappa shape index (κ2) is 8.62. The SMILES string of the molecule is CC.CC.CC(=O)C1COc2ccccc2O1. The van der Waals surface area contributed by atoms with Crippen LogP contribution in [0.4, 0.5) is 0 Å². The summed E-state index contributed by atoms with van der Waals surface area (Å²) >= 11 is 0. The van der Waals surface area contributed by atoms with Crippen LogP contribution in [0.3, 0.4) is 0 Å². The molecule has 0 bridgehead atoms. The molecule has 0 aliphatic carbocycles. The Hall–Kier alpha value is -1.51. The molecule has 3 nitrogen and oxygen atoms in total. The van der Waals surface area contributed by atoms with Crippen LogP contribution in [0.25, 0.3) is 0 Å². The van der Waals surface area contributed by atoms with Crippen LogP contribution in [0.2, 0.25) is 0 Å². The Kier molecular flexibility index (Phi) is 7.85. The molecule has 1 unspecified atom stereocenters. The van der Waals surface area contributed by atoms with Crippen LogP contribution in [0.5, 0.6) is 11.5 Å².